The molecule has 0 saturated carbocycles. The van der Waals surface area contributed by atoms with Gasteiger partial charge in [-0.05, 0) is 35.9 Å². The van der Waals surface area contributed by atoms with Gasteiger partial charge in [0.05, 0.1) is 17.8 Å². The topological polar surface area (TPSA) is 66.5 Å². The molecule has 2 rings (SSSR count). The molecule has 1 N–H and O–H groups in total. The first-order chi connectivity index (χ1) is 11.6. The molecule has 9 heteroatoms. The van der Waals surface area contributed by atoms with E-state index in [1.165, 1.54) is 12.1 Å². The Morgan fingerprint density at radius 2 is 1.80 bits per heavy atom. The van der Waals surface area contributed by atoms with Crippen molar-refractivity contribution in [1.29, 1.82) is 0 Å². The molecule has 0 saturated heterocycles. The number of halogens is 3. The highest BCUT2D eigenvalue weighted by molar-refractivity contribution is 7.88. The molecule has 0 aromatic heterocycles. The molecular weight excluding hydrogens is 390 g/mol. The summed E-state index contributed by atoms with van der Waals surface area (Å²) in [6.45, 7) is -0.371. The fourth-order valence-electron chi connectivity index (χ4n) is 2.02. The first-order valence-electron chi connectivity index (χ1n) is 7.09. The smallest absolute Gasteiger partial charge is 0.239 e. The van der Waals surface area contributed by atoms with Gasteiger partial charge in [0.25, 0.3) is 0 Å². The Kier molecular flexibility index (Phi) is 6.40. The summed E-state index contributed by atoms with van der Waals surface area (Å²) < 4.78 is 38.0. The second-order valence-electron chi connectivity index (χ2n) is 5.33. The van der Waals surface area contributed by atoms with Crippen LogP contribution in [0.3, 0.4) is 0 Å². The molecule has 0 bridgehead atoms. The zero-order valence-corrected chi connectivity index (χ0v) is 15.5. The monoisotopic (exact) mass is 404 g/mol. The van der Waals surface area contributed by atoms with Gasteiger partial charge in [-0.3, -0.25) is 4.79 Å². The van der Waals surface area contributed by atoms with Crippen molar-refractivity contribution in [3.8, 4) is 0 Å². The highest BCUT2D eigenvalue weighted by Crippen LogP contribution is 2.19. The number of anilines is 1. The number of carbonyl (C=O) groups is 1. The van der Waals surface area contributed by atoms with E-state index in [4.69, 9.17) is 23.2 Å². The number of hydrogen-bond acceptors (Lipinski definition) is 3. The third-order valence-electron chi connectivity index (χ3n) is 3.26. The van der Waals surface area contributed by atoms with Gasteiger partial charge in [0.2, 0.25) is 15.9 Å². The van der Waals surface area contributed by atoms with Crippen molar-refractivity contribution in [2.45, 2.75) is 6.54 Å². The Balaban J connectivity index is 2.09. The number of sulfonamides is 1. The molecule has 0 spiro atoms. The van der Waals surface area contributed by atoms with Crippen LogP contribution in [0.15, 0.2) is 42.5 Å². The minimum Gasteiger partial charge on any atom is -0.325 e. The van der Waals surface area contributed by atoms with Crippen LogP contribution < -0.4 is 5.32 Å². The molecule has 1 amide bonds. The van der Waals surface area contributed by atoms with Gasteiger partial charge < -0.3 is 5.32 Å². The molecule has 25 heavy (non-hydrogen) atoms. The molecule has 2 aromatic carbocycles. The van der Waals surface area contributed by atoms with Crippen molar-refractivity contribution < 1.29 is 17.6 Å². The number of hydrogen-bond donors (Lipinski definition) is 1. The molecule has 0 aliphatic rings. The Labute approximate surface area is 155 Å². The Morgan fingerprint density at radius 1 is 1.16 bits per heavy atom. The molecule has 0 radical (unpaired) electrons. The van der Waals surface area contributed by atoms with Crippen molar-refractivity contribution in [3.05, 3.63) is 63.9 Å². The van der Waals surface area contributed by atoms with E-state index in [2.05, 4.69) is 5.32 Å². The molecule has 0 aliphatic heterocycles. The average Bonchev–Trinajstić information content (AvgIpc) is 2.51. The zero-order chi connectivity index (χ0) is 18.6. The summed E-state index contributed by atoms with van der Waals surface area (Å²) in [7, 11) is -3.62. The molecule has 5 nitrogen and oxygen atoms in total. The lowest BCUT2D eigenvalue weighted by Crippen LogP contribution is -2.36. The maximum atomic E-state index is 13.1. The number of nitrogens with one attached hydrogen (secondary N) is 1. The minimum atomic E-state index is -3.62. The summed E-state index contributed by atoms with van der Waals surface area (Å²) in [6.07, 6.45) is 1.02. The third kappa shape index (κ3) is 5.97. The second-order valence-corrected chi connectivity index (χ2v) is 8.16. The van der Waals surface area contributed by atoms with Crippen LogP contribution in [0.2, 0.25) is 10.0 Å². The van der Waals surface area contributed by atoms with E-state index in [0.717, 1.165) is 16.6 Å². The van der Waals surface area contributed by atoms with Crippen molar-refractivity contribution in [3.63, 3.8) is 0 Å². The molecule has 0 aliphatic carbocycles. The molecule has 0 unspecified atom stereocenters. The minimum absolute atomic E-state index is 0.0214. The maximum Gasteiger partial charge on any atom is 0.239 e. The standard InChI is InChI=1S/C16H15Cl2FN2O3S/c1-25(23,24)21(9-11-2-4-12(17)5-3-11)10-16(22)20-13-6-7-15(19)14(18)8-13/h2-8H,9-10H2,1H3,(H,20,22). The molecular formula is C16H15Cl2FN2O3S. The van der Waals surface area contributed by atoms with Crippen LogP contribution >= 0.6 is 23.2 Å². The SMILES string of the molecule is CS(=O)(=O)N(CC(=O)Nc1ccc(F)c(Cl)c1)Cc1ccc(Cl)cc1. The van der Waals surface area contributed by atoms with Crippen LogP contribution in [0.4, 0.5) is 10.1 Å². The van der Waals surface area contributed by atoms with Crippen molar-refractivity contribution >= 4 is 44.8 Å². The van der Waals surface area contributed by atoms with Crippen LogP contribution in [0.1, 0.15) is 5.56 Å². The van der Waals surface area contributed by atoms with Crippen molar-refractivity contribution in [2.75, 3.05) is 18.1 Å². The molecule has 0 fully saturated rings. The zero-order valence-electron chi connectivity index (χ0n) is 13.2. The number of amides is 1. The fourth-order valence-corrected chi connectivity index (χ4v) is 3.06. The largest absolute Gasteiger partial charge is 0.325 e. The molecule has 0 atom stereocenters. The molecule has 2 aromatic rings. The van der Waals surface area contributed by atoms with Crippen LogP contribution in [0.25, 0.3) is 0 Å². The lowest BCUT2D eigenvalue weighted by molar-refractivity contribution is -0.116. The van der Waals surface area contributed by atoms with Gasteiger partial charge in [-0.2, -0.15) is 4.31 Å². The second kappa shape index (κ2) is 8.14. The first kappa shape index (κ1) is 19.7. The Hall–Kier alpha value is -1.67. The number of carbonyl (C=O) groups excluding carboxylic acids is 1. The lowest BCUT2D eigenvalue weighted by Gasteiger charge is -2.19. The Bertz CT molecular complexity index is 873. The predicted molar refractivity (Wildman–Crippen MR) is 96.7 cm³/mol. The average molecular weight is 405 g/mol. The van der Waals surface area contributed by atoms with E-state index in [0.29, 0.717) is 10.6 Å². The van der Waals surface area contributed by atoms with Crippen molar-refractivity contribution in [1.82, 2.24) is 4.31 Å². The van der Waals surface area contributed by atoms with E-state index in [-0.39, 0.29) is 17.3 Å². The van der Waals surface area contributed by atoms with Gasteiger partial charge in [-0.1, -0.05) is 35.3 Å². The first-order valence-corrected chi connectivity index (χ1v) is 9.70. The van der Waals surface area contributed by atoms with Gasteiger partial charge in [-0.15, -0.1) is 0 Å². The van der Waals surface area contributed by atoms with Crippen LogP contribution in [-0.4, -0.2) is 31.4 Å². The highest BCUT2D eigenvalue weighted by Gasteiger charge is 2.20. The number of benzene rings is 2. The van der Waals surface area contributed by atoms with Gasteiger partial charge in [0.1, 0.15) is 5.82 Å². The van der Waals surface area contributed by atoms with E-state index in [1.807, 2.05) is 0 Å². The van der Waals surface area contributed by atoms with Gasteiger partial charge in [-0.25, -0.2) is 12.8 Å². The predicted octanol–water partition coefficient (Wildman–Crippen LogP) is 3.53. The summed E-state index contributed by atoms with van der Waals surface area (Å²) in [6, 6.07) is 10.3. The molecule has 0 heterocycles. The number of nitrogens with zero attached hydrogens (tertiary/aromatic N) is 1. The summed E-state index contributed by atoms with van der Waals surface area (Å²) >= 11 is 11.5. The third-order valence-corrected chi connectivity index (χ3v) is 5.00. The van der Waals surface area contributed by atoms with Crippen LogP contribution in [-0.2, 0) is 21.4 Å². The van der Waals surface area contributed by atoms with Gasteiger partial charge >= 0.3 is 0 Å². The fraction of sp³-hybridized carbons (Fsp3) is 0.188. The lowest BCUT2D eigenvalue weighted by atomic mass is 10.2. The summed E-state index contributed by atoms with van der Waals surface area (Å²) in [5, 5.41) is 2.88. The maximum absolute atomic E-state index is 13.1. The Morgan fingerprint density at radius 3 is 2.36 bits per heavy atom. The quantitative estimate of drug-likeness (QED) is 0.800. The van der Waals surface area contributed by atoms with Crippen molar-refractivity contribution in [2.24, 2.45) is 0 Å². The van der Waals surface area contributed by atoms with E-state index in [9.17, 15) is 17.6 Å². The van der Waals surface area contributed by atoms with E-state index in [1.54, 1.807) is 24.3 Å². The summed E-state index contributed by atoms with van der Waals surface area (Å²) in [5.74, 6) is -1.18. The van der Waals surface area contributed by atoms with E-state index >= 15 is 0 Å². The van der Waals surface area contributed by atoms with Gasteiger partial charge in [0, 0.05) is 17.3 Å². The van der Waals surface area contributed by atoms with E-state index < -0.39 is 28.3 Å². The summed E-state index contributed by atoms with van der Waals surface area (Å²) in [4.78, 5) is 12.1. The van der Waals surface area contributed by atoms with Gasteiger partial charge in [0.15, 0.2) is 0 Å². The van der Waals surface area contributed by atoms with Crippen LogP contribution in [0, 0.1) is 5.82 Å². The summed E-state index contributed by atoms with van der Waals surface area (Å²) in [5.41, 5.74) is 0.962. The van der Waals surface area contributed by atoms with Crippen LogP contribution in [0.5, 0.6) is 0 Å². The highest BCUT2D eigenvalue weighted by atomic mass is 35.5. The molecule has 134 valence electrons. The normalized spacial score (nSPS) is 11.6. The number of rotatable bonds is 6.